The van der Waals surface area contributed by atoms with Crippen LogP contribution in [0.15, 0.2) is 0 Å². The fourth-order valence-electron chi connectivity index (χ4n) is 3.46. The van der Waals surface area contributed by atoms with E-state index in [4.69, 9.17) is 46.4 Å². The number of nitrogens with zero attached hydrogens (tertiary/aromatic N) is 4. The molecule has 2 aliphatic heterocycles. The molecular formula is C18H30Cl8N4. The molecule has 12 heteroatoms. The molecule has 1 aromatic carbocycles. The lowest BCUT2D eigenvalue weighted by molar-refractivity contribution is 0.147. The number of halogens is 8. The van der Waals surface area contributed by atoms with Crippen LogP contribution >= 0.6 is 96.0 Å². The van der Waals surface area contributed by atoms with Crippen molar-refractivity contribution in [1.29, 1.82) is 0 Å². The summed E-state index contributed by atoms with van der Waals surface area (Å²) in [5.74, 6) is 0. The molecule has 0 amide bonds. The van der Waals surface area contributed by atoms with Crippen molar-refractivity contribution < 1.29 is 0 Å². The molecule has 0 aromatic heterocycles. The van der Waals surface area contributed by atoms with Gasteiger partial charge in [-0.2, -0.15) is 0 Å². The van der Waals surface area contributed by atoms with Crippen LogP contribution in [0.3, 0.4) is 0 Å². The van der Waals surface area contributed by atoms with Crippen molar-refractivity contribution in [2.24, 2.45) is 0 Å². The Morgan fingerprint density at radius 3 is 0.967 bits per heavy atom. The first kappa shape index (κ1) is 33.6. The van der Waals surface area contributed by atoms with Crippen molar-refractivity contribution in [3.05, 3.63) is 31.2 Å². The molecule has 30 heavy (non-hydrogen) atoms. The maximum absolute atomic E-state index is 6.63. The minimum Gasteiger partial charge on any atom is -0.304 e. The second-order valence-electron chi connectivity index (χ2n) is 7.37. The molecule has 0 aliphatic carbocycles. The zero-order valence-corrected chi connectivity index (χ0v) is 23.3. The average molecular weight is 586 g/mol. The van der Waals surface area contributed by atoms with Gasteiger partial charge in [0.2, 0.25) is 0 Å². The van der Waals surface area contributed by atoms with Crippen molar-refractivity contribution in [2.45, 2.75) is 13.1 Å². The quantitative estimate of drug-likeness (QED) is 0.434. The summed E-state index contributed by atoms with van der Waals surface area (Å²) >= 11 is 26.5. The van der Waals surface area contributed by atoms with Gasteiger partial charge in [-0.3, -0.25) is 9.80 Å². The van der Waals surface area contributed by atoms with E-state index in [1.807, 2.05) is 0 Å². The molecule has 0 radical (unpaired) electrons. The third-order valence-corrected chi connectivity index (χ3v) is 7.26. The van der Waals surface area contributed by atoms with Crippen molar-refractivity contribution in [1.82, 2.24) is 19.6 Å². The number of likely N-dealkylation sites (N-methyl/N-ethyl adjacent to an activating group) is 2. The van der Waals surface area contributed by atoms with Gasteiger partial charge in [-0.05, 0) is 14.1 Å². The maximum Gasteiger partial charge on any atom is 0.0656 e. The third-order valence-electron chi connectivity index (χ3n) is 5.40. The Balaban J connectivity index is 0. The molecule has 2 saturated heterocycles. The summed E-state index contributed by atoms with van der Waals surface area (Å²) in [6.07, 6.45) is 0. The molecule has 2 fully saturated rings. The van der Waals surface area contributed by atoms with E-state index in [0.717, 1.165) is 63.5 Å². The van der Waals surface area contributed by atoms with Gasteiger partial charge in [-0.1, -0.05) is 46.4 Å². The Morgan fingerprint density at radius 2 is 0.733 bits per heavy atom. The molecule has 0 N–H and O–H groups in total. The number of hydrogen-bond acceptors (Lipinski definition) is 4. The molecule has 0 bridgehead atoms. The summed E-state index contributed by atoms with van der Waals surface area (Å²) in [5.41, 5.74) is 1.69. The smallest absolute Gasteiger partial charge is 0.0656 e. The van der Waals surface area contributed by atoms with Gasteiger partial charge in [0.05, 0.1) is 20.1 Å². The fraction of sp³-hybridized carbons (Fsp3) is 0.667. The number of benzene rings is 1. The Bertz CT molecular complexity index is 564. The topological polar surface area (TPSA) is 13.0 Å². The molecule has 4 nitrogen and oxygen atoms in total. The van der Waals surface area contributed by atoms with Crippen LogP contribution in [0.25, 0.3) is 0 Å². The average Bonchev–Trinajstić information content (AvgIpc) is 2.64. The van der Waals surface area contributed by atoms with Crippen LogP contribution in [0.2, 0.25) is 20.1 Å². The van der Waals surface area contributed by atoms with Crippen LogP contribution in [-0.2, 0) is 13.1 Å². The van der Waals surface area contributed by atoms with E-state index in [-0.39, 0.29) is 49.6 Å². The maximum atomic E-state index is 6.63. The number of piperazine rings is 2. The highest BCUT2D eigenvalue weighted by molar-refractivity contribution is 6.48. The fourth-order valence-corrected chi connectivity index (χ4v) is 4.63. The predicted octanol–water partition coefficient (Wildman–Crippen LogP) is 5.48. The van der Waals surface area contributed by atoms with Crippen LogP contribution in [0.4, 0.5) is 0 Å². The summed E-state index contributed by atoms with van der Waals surface area (Å²) in [6.45, 7) is 9.47. The molecule has 3 rings (SSSR count). The van der Waals surface area contributed by atoms with Crippen LogP contribution in [0.5, 0.6) is 0 Å². The molecule has 178 valence electrons. The summed E-state index contributed by atoms with van der Waals surface area (Å²) in [4.78, 5) is 9.33. The van der Waals surface area contributed by atoms with Crippen LogP contribution in [-0.4, -0.2) is 86.1 Å². The Labute approximate surface area is 225 Å². The largest absolute Gasteiger partial charge is 0.304 e. The minimum absolute atomic E-state index is 0. The standard InChI is InChI=1S/C18H26Cl4N4.4ClH/c1-23-3-7-25(8-4-23)11-13-15(19)17(21)14(18(22)16(13)20)12-26-9-5-24(2)6-10-26;;;;/h3-12H2,1-2H3;4*1H. The molecule has 1 aromatic rings. The molecule has 0 atom stereocenters. The summed E-state index contributed by atoms with van der Waals surface area (Å²) in [6, 6.07) is 0. The lowest BCUT2D eigenvalue weighted by Crippen LogP contribution is -2.44. The second kappa shape index (κ2) is 15.3. The molecule has 0 saturated carbocycles. The van der Waals surface area contributed by atoms with E-state index in [1.54, 1.807) is 0 Å². The highest BCUT2D eigenvalue weighted by Crippen LogP contribution is 2.42. The zero-order valence-electron chi connectivity index (χ0n) is 17.0. The molecule has 2 heterocycles. The number of hydrogen-bond donors (Lipinski definition) is 0. The van der Waals surface area contributed by atoms with Gasteiger partial charge in [-0.15, -0.1) is 49.6 Å². The monoisotopic (exact) mass is 582 g/mol. The third kappa shape index (κ3) is 8.30. The van der Waals surface area contributed by atoms with Gasteiger partial charge in [0.25, 0.3) is 0 Å². The Morgan fingerprint density at radius 1 is 0.500 bits per heavy atom. The van der Waals surface area contributed by atoms with E-state index in [0.29, 0.717) is 33.2 Å². The summed E-state index contributed by atoms with van der Waals surface area (Å²) < 4.78 is 0. The van der Waals surface area contributed by atoms with Gasteiger partial charge in [0, 0.05) is 76.6 Å². The van der Waals surface area contributed by atoms with Gasteiger partial charge >= 0.3 is 0 Å². The van der Waals surface area contributed by atoms with Crippen molar-refractivity contribution in [3.8, 4) is 0 Å². The molecule has 2 aliphatic rings. The van der Waals surface area contributed by atoms with Crippen molar-refractivity contribution in [3.63, 3.8) is 0 Å². The van der Waals surface area contributed by atoms with E-state index in [9.17, 15) is 0 Å². The van der Waals surface area contributed by atoms with E-state index < -0.39 is 0 Å². The lowest BCUT2D eigenvalue weighted by Gasteiger charge is -2.34. The lowest BCUT2D eigenvalue weighted by atomic mass is 10.1. The first-order valence-electron chi connectivity index (χ1n) is 9.02. The Hall–Kier alpha value is 1.38. The van der Waals surface area contributed by atoms with Gasteiger partial charge in [0.15, 0.2) is 0 Å². The normalized spacial score (nSPS) is 18.6. The van der Waals surface area contributed by atoms with Gasteiger partial charge < -0.3 is 9.80 Å². The molecular weight excluding hydrogens is 556 g/mol. The van der Waals surface area contributed by atoms with Gasteiger partial charge in [0.1, 0.15) is 0 Å². The van der Waals surface area contributed by atoms with E-state index in [1.165, 1.54) is 0 Å². The first-order valence-corrected chi connectivity index (χ1v) is 10.5. The van der Waals surface area contributed by atoms with E-state index >= 15 is 0 Å². The summed E-state index contributed by atoms with van der Waals surface area (Å²) in [7, 11) is 4.27. The minimum atomic E-state index is 0. The molecule has 0 unspecified atom stereocenters. The summed E-state index contributed by atoms with van der Waals surface area (Å²) in [5, 5.41) is 2.18. The Kier molecular flexibility index (Phi) is 17.1. The van der Waals surface area contributed by atoms with Crippen LogP contribution < -0.4 is 0 Å². The van der Waals surface area contributed by atoms with Crippen molar-refractivity contribution >= 4 is 96.0 Å². The SMILES string of the molecule is CN1CCN(Cc2c(Cl)c(Cl)c(CN3CCN(C)CC3)c(Cl)c2Cl)CC1.Cl.Cl.Cl.Cl. The highest BCUT2D eigenvalue weighted by Gasteiger charge is 2.25. The molecule has 0 spiro atoms. The van der Waals surface area contributed by atoms with Crippen LogP contribution in [0, 0.1) is 0 Å². The number of rotatable bonds is 4. The van der Waals surface area contributed by atoms with E-state index in [2.05, 4.69) is 33.7 Å². The predicted molar refractivity (Wildman–Crippen MR) is 141 cm³/mol. The first-order chi connectivity index (χ1) is 12.4. The highest BCUT2D eigenvalue weighted by atomic mass is 35.5. The second-order valence-corrected chi connectivity index (χ2v) is 8.88. The van der Waals surface area contributed by atoms with Gasteiger partial charge in [-0.25, -0.2) is 0 Å². The van der Waals surface area contributed by atoms with Crippen LogP contribution in [0.1, 0.15) is 11.1 Å². The zero-order chi connectivity index (χ0) is 18.8. The van der Waals surface area contributed by atoms with Crippen molar-refractivity contribution in [2.75, 3.05) is 66.5 Å².